The largest absolute Gasteiger partial charge is 0.378 e. The Bertz CT molecular complexity index is 1020. The van der Waals surface area contributed by atoms with Gasteiger partial charge < -0.3 is 9.64 Å². The second-order valence-electron chi connectivity index (χ2n) is 6.51. The van der Waals surface area contributed by atoms with Crippen LogP contribution in [0, 0.1) is 27.2 Å². The predicted octanol–water partition coefficient (Wildman–Crippen LogP) is 2.41. The fourth-order valence-electron chi connectivity index (χ4n) is 3.14. The fourth-order valence-corrected chi connectivity index (χ4v) is 3.14. The normalized spacial score (nSPS) is 14.0. The number of hydrogen-bond donors (Lipinski definition) is 1. The number of hydrazone groups is 1. The molecule has 0 aliphatic carbocycles. The van der Waals surface area contributed by atoms with Crippen LogP contribution in [-0.4, -0.2) is 48.3 Å². The van der Waals surface area contributed by atoms with Gasteiger partial charge in [0.1, 0.15) is 0 Å². The number of nitrogens with zero attached hydrogens (tertiary/aromatic N) is 4. The van der Waals surface area contributed by atoms with Gasteiger partial charge in [-0.25, -0.2) is 5.43 Å². The van der Waals surface area contributed by atoms with E-state index in [-0.39, 0.29) is 22.5 Å². The highest BCUT2D eigenvalue weighted by atomic mass is 16.6. The van der Waals surface area contributed by atoms with E-state index in [4.69, 9.17) is 4.74 Å². The van der Waals surface area contributed by atoms with Crippen molar-refractivity contribution in [1.29, 1.82) is 0 Å². The van der Waals surface area contributed by atoms with Crippen LogP contribution in [0.3, 0.4) is 0 Å². The van der Waals surface area contributed by atoms with Crippen LogP contribution in [0.5, 0.6) is 0 Å². The molecular weight excluding hydrogens is 394 g/mol. The quantitative estimate of drug-likeness (QED) is 0.435. The summed E-state index contributed by atoms with van der Waals surface area (Å²) in [5.74, 6) is -0.620. The Kier molecular flexibility index (Phi) is 6.32. The molecule has 0 bridgehead atoms. The molecule has 2 aromatic rings. The van der Waals surface area contributed by atoms with Crippen LogP contribution >= 0.6 is 0 Å². The van der Waals surface area contributed by atoms with Crippen molar-refractivity contribution in [3.8, 4) is 0 Å². The molecule has 11 nitrogen and oxygen atoms in total. The summed E-state index contributed by atoms with van der Waals surface area (Å²) in [7, 11) is 0. The first-order chi connectivity index (χ1) is 14.4. The van der Waals surface area contributed by atoms with E-state index in [0.717, 1.165) is 5.69 Å². The summed E-state index contributed by atoms with van der Waals surface area (Å²) in [6.07, 6.45) is 1.32. The van der Waals surface area contributed by atoms with Gasteiger partial charge in [0.2, 0.25) is 0 Å². The van der Waals surface area contributed by atoms with E-state index in [1.165, 1.54) is 43.5 Å². The highest BCUT2D eigenvalue weighted by molar-refractivity contribution is 5.97. The standard InChI is InChI=1S/C19H19N5O6/c1-13-16(3-2-4-17(13)24(28)29)19(25)21-20-12-14-11-15(23(26)27)5-6-18(14)22-7-9-30-10-8-22/h2-6,11-12H,7-10H2,1H3,(H,21,25)/b20-12-. The second-order valence-corrected chi connectivity index (χ2v) is 6.51. The van der Waals surface area contributed by atoms with Gasteiger partial charge in [0.15, 0.2) is 0 Å². The number of carbonyl (C=O) groups excluding carboxylic acids is 1. The van der Waals surface area contributed by atoms with Crippen molar-refractivity contribution in [2.75, 3.05) is 31.2 Å². The number of nitrogens with one attached hydrogen (secondary N) is 1. The third kappa shape index (κ3) is 4.58. The molecule has 1 heterocycles. The van der Waals surface area contributed by atoms with E-state index >= 15 is 0 Å². The van der Waals surface area contributed by atoms with Crippen LogP contribution in [0.15, 0.2) is 41.5 Å². The third-order valence-electron chi connectivity index (χ3n) is 4.69. The summed E-state index contributed by atoms with van der Waals surface area (Å²) in [6.45, 7) is 3.80. The summed E-state index contributed by atoms with van der Waals surface area (Å²) in [6, 6.07) is 8.61. The maximum atomic E-state index is 12.4. The minimum Gasteiger partial charge on any atom is -0.378 e. The molecule has 0 spiro atoms. The first-order valence-electron chi connectivity index (χ1n) is 9.07. The summed E-state index contributed by atoms with van der Waals surface area (Å²) >= 11 is 0. The fraction of sp³-hybridized carbons (Fsp3) is 0.263. The van der Waals surface area contributed by atoms with Crippen LogP contribution < -0.4 is 10.3 Å². The molecule has 1 N–H and O–H groups in total. The van der Waals surface area contributed by atoms with E-state index in [0.29, 0.717) is 31.9 Å². The molecule has 0 atom stereocenters. The van der Waals surface area contributed by atoms with Crippen molar-refractivity contribution in [2.45, 2.75) is 6.92 Å². The zero-order valence-electron chi connectivity index (χ0n) is 16.1. The SMILES string of the molecule is Cc1c(C(=O)N/N=C\c2cc([N+](=O)[O-])ccc2N2CCOCC2)cccc1[N+](=O)[O-]. The van der Waals surface area contributed by atoms with Gasteiger partial charge in [-0.2, -0.15) is 5.10 Å². The predicted molar refractivity (Wildman–Crippen MR) is 109 cm³/mol. The van der Waals surface area contributed by atoms with Crippen molar-refractivity contribution < 1.29 is 19.4 Å². The molecule has 1 aliphatic heterocycles. The maximum Gasteiger partial charge on any atom is 0.273 e. The van der Waals surface area contributed by atoms with Crippen LogP contribution in [0.2, 0.25) is 0 Å². The number of anilines is 1. The number of nitro benzene ring substituents is 2. The molecule has 1 saturated heterocycles. The van der Waals surface area contributed by atoms with E-state index < -0.39 is 15.8 Å². The van der Waals surface area contributed by atoms with Gasteiger partial charge in [-0.15, -0.1) is 0 Å². The average Bonchev–Trinajstić information content (AvgIpc) is 2.74. The zero-order valence-corrected chi connectivity index (χ0v) is 16.1. The first kappa shape index (κ1) is 20.9. The summed E-state index contributed by atoms with van der Waals surface area (Å²) < 4.78 is 5.33. The highest BCUT2D eigenvalue weighted by Crippen LogP contribution is 2.25. The minimum absolute atomic E-state index is 0.102. The number of benzene rings is 2. The molecule has 0 aromatic heterocycles. The number of morpholine rings is 1. The Labute approximate surface area is 171 Å². The molecule has 0 unspecified atom stereocenters. The van der Waals surface area contributed by atoms with E-state index in [9.17, 15) is 25.0 Å². The molecule has 1 fully saturated rings. The molecule has 1 amide bonds. The van der Waals surface area contributed by atoms with Gasteiger partial charge >= 0.3 is 0 Å². The minimum atomic E-state index is -0.620. The molecule has 0 saturated carbocycles. The first-order valence-corrected chi connectivity index (χ1v) is 9.07. The zero-order chi connectivity index (χ0) is 21.7. The maximum absolute atomic E-state index is 12.4. The van der Waals surface area contributed by atoms with Gasteiger partial charge in [-0.05, 0) is 19.1 Å². The van der Waals surface area contributed by atoms with Crippen LogP contribution in [-0.2, 0) is 4.74 Å². The van der Waals surface area contributed by atoms with Gasteiger partial charge in [0.25, 0.3) is 17.3 Å². The molecule has 1 aliphatic rings. The van der Waals surface area contributed by atoms with Crippen molar-refractivity contribution in [2.24, 2.45) is 5.10 Å². The summed E-state index contributed by atoms with van der Waals surface area (Å²) in [5, 5.41) is 26.1. The topological polar surface area (TPSA) is 140 Å². The number of rotatable bonds is 6. The van der Waals surface area contributed by atoms with Crippen LogP contribution in [0.1, 0.15) is 21.5 Å². The van der Waals surface area contributed by atoms with Crippen molar-refractivity contribution >= 4 is 29.2 Å². The van der Waals surface area contributed by atoms with E-state index in [1.54, 1.807) is 6.07 Å². The number of non-ortho nitro benzene ring substituents is 1. The summed E-state index contributed by atoms with van der Waals surface area (Å²) in [5.41, 5.74) is 3.59. The Morgan fingerprint density at radius 3 is 2.57 bits per heavy atom. The molecule has 11 heteroatoms. The van der Waals surface area contributed by atoms with Crippen LogP contribution in [0.4, 0.5) is 17.1 Å². The Balaban J connectivity index is 1.83. The van der Waals surface area contributed by atoms with Crippen LogP contribution in [0.25, 0.3) is 0 Å². The Hall–Kier alpha value is -3.86. The number of nitro groups is 2. The van der Waals surface area contributed by atoms with Crippen molar-refractivity contribution in [3.63, 3.8) is 0 Å². The lowest BCUT2D eigenvalue weighted by atomic mass is 10.1. The highest BCUT2D eigenvalue weighted by Gasteiger charge is 2.19. The molecule has 2 aromatic carbocycles. The van der Waals surface area contributed by atoms with E-state index in [2.05, 4.69) is 10.5 Å². The Morgan fingerprint density at radius 1 is 1.17 bits per heavy atom. The van der Waals surface area contributed by atoms with E-state index in [1.807, 2.05) is 4.90 Å². The average molecular weight is 413 g/mol. The number of hydrogen-bond acceptors (Lipinski definition) is 8. The number of carbonyl (C=O) groups is 1. The monoisotopic (exact) mass is 413 g/mol. The van der Waals surface area contributed by atoms with Gasteiger partial charge in [0, 0.05) is 48.1 Å². The Morgan fingerprint density at radius 2 is 1.90 bits per heavy atom. The molecule has 30 heavy (non-hydrogen) atoms. The van der Waals surface area contributed by atoms with Crippen molar-refractivity contribution in [1.82, 2.24) is 5.43 Å². The van der Waals surface area contributed by atoms with Gasteiger partial charge in [-0.3, -0.25) is 25.0 Å². The lowest BCUT2D eigenvalue weighted by molar-refractivity contribution is -0.385. The van der Waals surface area contributed by atoms with Gasteiger partial charge in [-0.1, -0.05) is 6.07 Å². The number of ether oxygens (including phenoxy) is 1. The lowest BCUT2D eigenvalue weighted by Gasteiger charge is -2.29. The molecular formula is C19H19N5O6. The molecule has 156 valence electrons. The third-order valence-corrected chi connectivity index (χ3v) is 4.69. The van der Waals surface area contributed by atoms with Crippen molar-refractivity contribution in [3.05, 3.63) is 73.3 Å². The lowest BCUT2D eigenvalue weighted by Crippen LogP contribution is -2.36. The number of amides is 1. The second kappa shape index (κ2) is 9.09. The van der Waals surface area contributed by atoms with Gasteiger partial charge in [0.05, 0.1) is 34.8 Å². The summed E-state index contributed by atoms with van der Waals surface area (Å²) in [4.78, 5) is 35.5. The molecule has 3 rings (SSSR count). The smallest absolute Gasteiger partial charge is 0.273 e. The molecule has 0 radical (unpaired) electrons.